The van der Waals surface area contributed by atoms with Crippen molar-refractivity contribution in [3.63, 3.8) is 0 Å². The minimum Gasteiger partial charge on any atom is -0.492 e. The van der Waals surface area contributed by atoms with Crippen LogP contribution in [0.5, 0.6) is 5.75 Å². The van der Waals surface area contributed by atoms with E-state index in [1.54, 1.807) is 28.8 Å². The molecule has 0 fully saturated rings. The molecule has 2 N–H and O–H groups in total. The molecule has 0 saturated carbocycles. The van der Waals surface area contributed by atoms with Gasteiger partial charge in [0.2, 0.25) is 0 Å². The van der Waals surface area contributed by atoms with Gasteiger partial charge in [0.25, 0.3) is 5.56 Å². The zero-order valence-electron chi connectivity index (χ0n) is 16.1. The minimum atomic E-state index is -0.860. The molecule has 1 unspecified atom stereocenters. The minimum absolute atomic E-state index is 0.0712. The van der Waals surface area contributed by atoms with Gasteiger partial charge < -0.3 is 15.2 Å². The summed E-state index contributed by atoms with van der Waals surface area (Å²) < 4.78 is 7.35. The molecule has 0 saturated heterocycles. The number of hydrogen-bond acceptors (Lipinski definition) is 5. The fourth-order valence-corrected chi connectivity index (χ4v) is 2.84. The van der Waals surface area contributed by atoms with E-state index in [2.05, 4.69) is 10.3 Å². The van der Waals surface area contributed by atoms with Gasteiger partial charge in [0.1, 0.15) is 24.2 Å². The molecule has 0 aliphatic carbocycles. The lowest BCUT2D eigenvalue weighted by Crippen LogP contribution is -2.28. The van der Waals surface area contributed by atoms with Crippen molar-refractivity contribution < 1.29 is 14.6 Å². The first-order valence-electron chi connectivity index (χ1n) is 9.24. The zero-order valence-corrected chi connectivity index (χ0v) is 16.1. The Morgan fingerprint density at radius 2 is 2.00 bits per heavy atom. The summed E-state index contributed by atoms with van der Waals surface area (Å²) >= 11 is 0. The summed E-state index contributed by atoms with van der Waals surface area (Å²) in [5.74, 6) is 0.550. The summed E-state index contributed by atoms with van der Waals surface area (Å²) in [5.41, 5.74) is 1.38. The van der Waals surface area contributed by atoms with Crippen molar-refractivity contribution in [3.8, 4) is 5.75 Å². The lowest BCUT2D eigenvalue weighted by molar-refractivity contribution is -0.138. The van der Waals surface area contributed by atoms with Crippen molar-refractivity contribution in [1.29, 1.82) is 0 Å². The third-order valence-electron chi connectivity index (χ3n) is 4.19. The topological polar surface area (TPSA) is 93.5 Å². The molecule has 0 amide bonds. The number of aliphatic carboxylic acids is 1. The number of ether oxygens (including phenoxy) is 1. The molecule has 0 aliphatic rings. The number of rotatable bonds is 10. The summed E-state index contributed by atoms with van der Waals surface area (Å²) in [5, 5.41) is 12.2. The predicted molar refractivity (Wildman–Crippen MR) is 105 cm³/mol. The van der Waals surface area contributed by atoms with E-state index in [-0.39, 0.29) is 5.56 Å². The van der Waals surface area contributed by atoms with E-state index in [0.717, 1.165) is 23.6 Å². The number of aryl methyl sites for hydroxylation is 2. The van der Waals surface area contributed by atoms with Crippen LogP contribution in [0.25, 0.3) is 0 Å². The maximum absolute atomic E-state index is 12.1. The highest BCUT2D eigenvalue weighted by Gasteiger charge is 2.15. The van der Waals surface area contributed by atoms with E-state index >= 15 is 0 Å². The Morgan fingerprint density at radius 1 is 1.30 bits per heavy atom. The third-order valence-corrected chi connectivity index (χ3v) is 4.19. The van der Waals surface area contributed by atoms with Crippen LogP contribution in [0.1, 0.15) is 38.2 Å². The first kappa shape index (κ1) is 20.5. The van der Waals surface area contributed by atoms with E-state index in [4.69, 9.17) is 4.74 Å². The molecule has 2 rings (SSSR count). The van der Waals surface area contributed by atoms with Crippen LogP contribution < -0.4 is 15.6 Å². The lowest BCUT2D eigenvalue weighted by atomic mass is 10.1. The van der Waals surface area contributed by atoms with Gasteiger partial charge in [-0.05, 0) is 37.6 Å². The third kappa shape index (κ3) is 5.84. The van der Waals surface area contributed by atoms with Gasteiger partial charge in [0, 0.05) is 23.9 Å². The highest BCUT2D eigenvalue weighted by molar-refractivity contribution is 5.77. The van der Waals surface area contributed by atoms with Crippen molar-refractivity contribution in [3.05, 3.63) is 52.2 Å². The second-order valence-electron chi connectivity index (χ2n) is 6.35. The summed E-state index contributed by atoms with van der Waals surface area (Å²) in [6.45, 7) is 6.50. The monoisotopic (exact) mass is 373 g/mol. The van der Waals surface area contributed by atoms with Crippen LogP contribution in [-0.2, 0) is 17.8 Å². The second-order valence-corrected chi connectivity index (χ2v) is 6.35. The van der Waals surface area contributed by atoms with Crippen LogP contribution in [0.3, 0.4) is 0 Å². The predicted octanol–water partition coefficient (Wildman–Crippen LogP) is 2.86. The zero-order chi connectivity index (χ0) is 19.8. The Bertz CT molecular complexity index is 815. The number of carboxylic acid groups (broad SMARTS) is 1. The molecule has 0 aliphatic heterocycles. The number of hydrogen-bond donors (Lipinski definition) is 2. The first-order chi connectivity index (χ1) is 12.9. The number of nitrogens with zero attached hydrogens (tertiary/aromatic N) is 2. The van der Waals surface area contributed by atoms with Crippen LogP contribution in [0.4, 0.5) is 5.69 Å². The molecule has 146 valence electrons. The molecule has 1 atom stereocenters. The normalized spacial score (nSPS) is 11.8. The Labute approximate surface area is 159 Å². The van der Waals surface area contributed by atoms with Crippen molar-refractivity contribution in [2.75, 3.05) is 11.9 Å². The molecule has 7 nitrogen and oxygen atoms in total. The van der Waals surface area contributed by atoms with Gasteiger partial charge in [0.05, 0.1) is 6.54 Å². The largest absolute Gasteiger partial charge is 0.492 e. The Kier molecular flexibility index (Phi) is 7.40. The molecule has 7 heteroatoms. The maximum Gasteiger partial charge on any atom is 0.326 e. The van der Waals surface area contributed by atoms with Crippen LogP contribution >= 0.6 is 0 Å². The van der Waals surface area contributed by atoms with Gasteiger partial charge in [-0.1, -0.05) is 20.3 Å². The number of benzene rings is 1. The van der Waals surface area contributed by atoms with Gasteiger partial charge in [0.15, 0.2) is 0 Å². The van der Waals surface area contributed by atoms with E-state index in [1.807, 2.05) is 20.8 Å². The summed E-state index contributed by atoms with van der Waals surface area (Å²) in [6.07, 6.45) is 2.03. The van der Waals surface area contributed by atoms with Crippen LogP contribution in [0, 0.1) is 6.92 Å². The Balaban J connectivity index is 1.94. The average Bonchev–Trinajstić information content (AvgIpc) is 2.63. The molecule has 0 bridgehead atoms. The highest BCUT2D eigenvalue weighted by Crippen LogP contribution is 2.17. The van der Waals surface area contributed by atoms with Crippen molar-refractivity contribution >= 4 is 11.7 Å². The summed E-state index contributed by atoms with van der Waals surface area (Å²) in [6, 6.07) is 8.06. The van der Waals surface area contributed by atoms with E-state index in [0.29, 0.717) is 31.7 Å². The molecule has 0 radical (unpaired) electrons. The fourth-order valence-electron chi connectivity index (χ4n) is 2.84. The van der Waals surface area contributed by atoms with Gasteiger partial charge in [-0.25, -0.2) is 9.78 Å². The first-order valence-corrected chi connectivity index (χ1v) is 9.24. The summed E-state index contributed by atoms with van der Waals surface area (Å²) in [7, 11) is 0. The number of anilines is 1. The highest BCUT2D eigenvalue weighted by atomic mass is 16.5. The number of nitrogens with one attached hydrogen (secondary N) is 1. The Hall–Kier alpha value is -2.83. The Morgan fingerprint density at radius 3 is 2.59 bits per heavy atom. The molecule has 1 heterocycles. The number of carbonyl (C=O) groups is 1. The van der Waals surface area contributed by atoms with Gasteiger partial charge in [-0.2, -0.15) is 0 Å². The molecule has 27 heavy (non-hydrogen) atoms. The number of aromatic nitrogens is 2. The van der Waals surface area contributed by atoms with E-state index < -0.39 is 12.0 Å². The summed E-state index contributed by atoms with van der Waals surface area (Å²) in [4.78, 5) is 27.7. The molecular weight excluding hydrogens is 346 g/mol. The van der Waals surface area contributed by atoms with Crippen molar-refractivity contribution in [2.45, 2.75) is 52.6 Å². The average molecular weight is 373 g/mol. The fraction of sp³-hybridized carbons (Fsp3) is 0.450. The van der Waals surface area contributed by atoms with Gasteiger partial charge in [-0.3, -0.25) is 9.36 Å². The van der Waals surface area contributed by atoms with Crippen molar-refractivity contribution in [1.82, 2.24) is 9.55 Å². The smallest absolute Gasteiger partial charge is 0.326 e. The van der Waals surface area contributed by atoms with E-state index in [1.165, 1.54) is 6.07 Å². The molecule has 0 spiro atoms. The second kappa shape index (κ2) is 9.75. The quantitative estimate of drug-likeness (QED) is 0.665. The van der Waals surface area contributed by atoms with Gasteiger partial charge in [-0.15, -0.1) is 0 Å². The SMILES string of the molecule is CCCC(Nc1ccc(OCCn2c(CC)nc(C)cc2=O)cc1)C(=O)O. The van der Waals surface area contributed by atoms with Crippen LogP contribution in [-0.4, -0.2) is 33.3 Å². The van der Waals surface area contributed by atoms with Crippen LogP contribution in [0.15, 0.2) is 35.1 Å². The molecule has 1 aromatic carbocycles. The maximum atomic E-state index is 12.1. The van der Waals surface area contributed by atoms with Gasteiger partial charge >= 0.3 is 5.97 Å². The van der Waals surface area contributed by atoms with Crippen LogP contribution in [0.2, 0.25) is 0 Å². The van der Waals surface area contributed by atoms with Crippen molar-refractivity contribution in [2.24, 2.45) is 0 Å². The molecule has 1 aromatic heterocycles. The molecule has 2 aromatic rings. The van der Waals surface area contributed by atoms with E-state index in [9.17, 15) is 14.7 Å². The standard InChI is InChI=1S/C20H27N3O4/c1-4-6-17(20(25)26)22-15-7-9-16(10-8-15)27-12-11-23-18(5-2)21-14(3)13-19(23)24/h7-10,13,17,22H,4-6,11-12H2,1-3H3,(H,25,26). The molecular formula is C20H27N3O4. The lowest BCUT2D eigenvalue weighted by Gasteiger charge is -2.15. The number of carboxylic acids is 1.